The highest BCUT2D eigenvalue weighted by Crippen LogP contribution is 2.10. The maximum Gasteiger partial charge on any atom is 0.407 e. The minimum atomic E-state index is -0.822. The summed E-state index contributed by atoms with van der Waals surface area (Å²) in [5.41, 5.74) is 0. The van der Waals surface area contributed by atoms with E-state index in [1.807, 2.05) is 0 Å². The summed E-state index contributed by atoms with van der Waals surface area (Å²) in [7, 11) is 5.89. The van der Waals surface area contributed by atoms with Crippen LogP contribution in [0.15, 0.2) is 0 Å². The fourth-order valence-corrected chi connectivity index (χ4v) is 2.11. The molecule has 0 aliphatic heterocycles. The lowest BCUT2D eigenvalue weighted by Gasteiger charge is -2.12. The fraction of sp³-hybridized carbons (Fsp3) is 0.933. The second-order valence-electron chi connectivity index (χ2n) is 5.69. The van der Waals surface area contributed by atoms with E-state index >= 15 is 0 Å². The number of unbranched alkanes of at least 4 members (excludes halogenated alkanes) is 8. The molecule has 4 nitrogen and oxygen atoms in total. The van der Waals surface area contributed by atoms with Gasteiger partial charge in [0.15, 0.2) is 0 Å². The number of rotatable bonds is 12. The van der Waals surface area contributed by atoms with Crippen LogP contribution in [0.5, 0.6) is 0 Å². The summed E-state index contributed by atoms with van der Waals surface area (Å²) >= 11 is 0. The highest BCUT2D eigenvalue weighted by atomic mass is 16.4. The van der Waals surface area contributed by atoms with Crippen LogP contribution in [-0.4, -0.2) is 55.2 Å². The number of nitrogens with zero attached hydrogens (tertiary/aromatic N) is 2. The Morgan fingerprint density at radius 3 is 1.47 bits per heavy atom. The van der Waals surface area contributed by atoms with E-state index in [-0.39, 0.29) is 0 Å². The molecule has 0 aromatic heterocycles. The number of hydrogen-bond acceptors (Lipinski definition) is 2. The number of carbonyl (C=O) groups is 1. The molecule has 0 saturated carbocycles. The molecule has 4 heteroatoms. The molecule has 0 fully saturated rings. The first-order chi connectivity index (χ1) is 9.04. The summed E-state index contributed by atoms with van der Waals surface area (Å²) in [6, 6.07) is 0. The van der Waals surface area contributed by atoms with Crippen molar-refractivity contribution in [1.29, 1.82) is 0 Å². The number of hydrogen-bond donors (Lipinski definition) is 1. The van der Waals surface area contributed by atoms with Gasteiger partial charge in [0.2, 0.25) is 0 Å². The summed E-state index contributed by atoms with van der Waals surface area (Å²) in [6.07, 6.45) is 10.6. The molecule has 0 saturated heterocycles. The van der Waals surface area contributed by atoms with E-state index in [1.54, 1.807) is 7.05 Å². The molecule has 0 aromatic rings. The van der Waals surface area contributed by atoms with E-state index in [4.69, 9.17) is 5.11 Å². The molecule has 0 radical (unpaired) electrons. The van der Waals surface area contributed by atoms with Crippen molar-refractivity contribution >= 4 is 6.09 Å². The first-order valence-corrected chi connectivity index (χ1v) is 7.63. The molecule has 0 heterocycles. The highest BCUT2D eigenvalue weighted by Gasteiger charge is 2.03. The Morgan fingerprint density at radius 1 is 0.737 bits per heavy atom. The number of amides is 1. The maximum atomic E-state index is 10.6. The normalized spacial score (nSPS) is 10.9. The summed E-state index contributed by atoms with van der Waals surface area (Å²) in [5, 5.41) is 8.68. The van der Waals surface area contributed by atoms with Crippen LogP contribution in [0, 0.1) is 0 Å². The minimum Gasteiger partial charge on any atom is -0.465 e. The van der Waals surface area contributed by atoms with Crippen LogP contribution >= 0.6 is 0 Å². The molecule has 0 aromatic carbocycles. The Morgan fingerprint density at radius 2 is 1.11 bits per heavy atom. The van der Waals surface area contributed by atoms with E-state index in [9.17, 15) is 4.79 Å². The Kier molecular flexibility index (Phi) is 11.8. The Balaban J connectivity index is 3.09. The predicted octanol–water partition coefficient (Wildman–Crippen LogP) is 3.67. The molecule has 1 N–H and O–H groups in total. The predicted molar refractivity (Wildman–Crippen MR) is 80.8 cm³/mol. The van der Waals surface area contributed by atoms with Crippen molar-refractivity contribution in [2.75, 3.05) is 34.2 Å². The monoisotopic (exact) mass is 272 g/mol. The van der Waals surface area contributed by atoms with Crippen LogP contribution in [0.2, 0.25) is 0 Å². The van der Waals surface area contributed by atoms with Crippen LogP contribution < -0.4 is 0 Å². The Hall–Kier alpha value is -0.770. The Labute approximate surface area is 118 Å². The van der Waals surface area contributed by atoms with Crippen molar-refractivity contribution in [1.82, 2.24) is 9.80 Å². The molecule has 0 rings (SSSR count). The molecule has 0 atom stereocenters. The lowest BCUT2D eigenvalue weighted by atomic mass is 10.1. The zero-order valence-electron chi connectivity index (χ0n) is 13.0. The SMILES string of the molecule is CN(C)CCCCCCCCCCCN(C)C(=O)O. The molecular weight excluding hydrogens is 240 g/mol. The average molecular weight is 272 g/mol. The van der Waals surface area contributed by atoms with Crippen LogP contribution in [0.4, 0.5) is 4.79 Å². The van der Waals surface area contributed by atoms with Crippen molar-refractivity contribution in [3.63, 3.8) is 0 Å². The van der Waals surface area contributed by atoms with Gasteiger partial charge < -0.3 is 14.9 Å². The van der Waals surface area contributed by atoms with E-state index in [0.29, 0.717) is 6.54 Å². The standard InChI is InChI=1S/C15H32N2O2/c1-16(2)13-11-9-7-5-4-6-8-10-12-14-17(3)15(18)19/h4-14H2,1-3H3,(H,18,19). The smallest absolute Gasteiger partial charge is 0.407 e. The molecule has 0 bridgehead atoms. The van der Waals surface area contributed by atoms with Crippen molar-refractivity contribution in [3.05, 3.63) is 0 Å². The fourth-order valence-electron chi connectivity index (χ4n) is 2.11. The number of carboxylic acid groups (broad SMARTS) is 1. The largest absolute Gasteiger partial charge is 0.465 e. The first-order valence-electron chi connectivity index (χ1n) is 7.63. The van der Waals surface area contributed by atoms with E-state index < -0.39 is 6.09 Å². The minimum absolute atomic E-state index is 0.667. The van der Waals surface area contributed by atoms with Crippen molar-refractivity contribution in [2.45, 2.75) is 57.8 Å². The molecule has 1 amide bonds. The molecule has 19 heavy (non-hydrogen) atoms. The third-order valence-corrected chi connectivity index (χ3v) is 3.43. The Bertz CT molecular complexity index is 220. The van der Waals surface area contributed by atoms with Gasteiger partial charge in [0.05, 0.1) is 0 Å². The van der Waals surface area contributed by atoms with Crippen molar-refractivity contribution in [3.8, 4) is 0 Å². The average Bonchev–Trinajstić information content (AvgIpc) is 2.35. The molecule has 0 unspecified atom stereocenters. The topological polar surface area (TPSA) is 43.8 Å². The van der Waals surface area contributed by atoms with Gasteiger partial charge >= 0.3 is 6.09 Å². The second kappa shape index (κ2) is 12.3. The van der Waals surface area contributed by atoms with Gasteiger partial charge in [0.25, 0.3) is 0 Å². The van der Waals surface area contributed by atoms with Gasteiger partial charge in [-0.15, -0.1) is 0 Å². The van der Waals surface area contributed by atoms with E-state index in [0.717, 1.165) is 12.8 Å². The molecule has 0 aliphatic rings. The summed E-state index contributed by atoms with van der Waals surface area (Å²) < 4.78 is 0. The third-order valence-electron chi connectivity index (χ3n) is 3.43. The molecule has 0 aliphatic carbocycles. The lowest BCUT2D eigenvalue weighted by molar-refractivity contribution is 0.155. The van der Waals surface area contributed by atoms with E-state index in [2.05, 4.69) is 19.0 Å². The van der Waals surface area contributed by atoms with Gasteiger partial charge in [0, 0.05) is 13.6 Å². The second-order valence-corrected chi connectivity index (χ2v) is 5.69. The van der Waals surface area contributed by atoms with Crippen LogP contribution in [0.1, 0.15) is 57.8 Å². The van der Waals surface area contributed by atoms with Gasteiger partial charge in [-0.25, -0.2) is 4.79 Å². The van der Waals surface area contributed by atoms with Crippen LogP contribution in [0.3, 0.4) is 0 Å². The van der Waals surface area contributed by atoms with Gasteiger partial charge in [-0.05, 0) is 33.5 Å². The molecule has 0 spiro atoms. The van der Waals surface area contributed by atoms with Gasteiger partial charge in [0.1, 0.15) is 0 Å². The van der Waals surface area contributed by atoms with Crippen LogP contribution in [0.25, 0.3) is 0 Å². The molecular formula is C15H32N2O2. The lowest BCUT2D eigenvalue weighted by Crippen LogP contribution is -2.25. The van der Waals surface area contributed by atoms with Crippen molar-refractivity contribution in [2.24, 2.45) is 0 Å². The summed E-state index contributed by atoms with van der Waals surface area (Å²) in [6.45, 7) is 1.87. The zero-order chi connectivity index (χ0) is 14.5. The van der Waals surface area contributed by atoms with Gasteiger partial charge in [-0.1, -0.05) is 44.9 Å². The highest BCUT2D eigenvalue weighted by molar-refractivity contribution is 5.64. The van der Waals surface area contributed by atoms with Gasteiger partial charge in [-0.3, -0.25) is 0 Å². The first kappa shape index (κ1) is 18.2. The zero-order valence-corrected chi connectivity index (χ0v) is 13.0. The van der Waals surface area contributed by atoms with Crippen molar-refractivity contribution < 1.29 is 9.90 Å². The third kappa shape index (κ3) is 13.5. The summed E-state index contributed by atoms with van der Waals surface area (Å²) in [4.78, 5) is 14.2. The van der Waals surface area contributed by atoms with Gasteiger partial charge in [-0.2, -0.15) is 0 Å². The van der Waals surface area contributed by atoms with Crippen LogP contribution in [-0.2, 0) is 0 Å². The van der Waals surface area contributed by atoms with E-state index in [1.165, 1.54) is 56.4 Å². The quantitative estimate of drug-likeness (QED) is 0.551. The molecule has 114 valence electrons. The maximum absolute atomic E-state index is 10.6. The summed E-state index contributed by atoms with van der Waals surface area (Å²) in [5.74, 6) is 0.